The second kappa shape index (κ2) is 8.69. The van der Waals surface area contributed by atoms with Crippen LogP contribution < -0.4 is 10.8 Å². The number of amides is 2. The van der Waals surface area contributed by atoms with Gasteiger partial charge < -0.3 is 20.1 Å². The number of likely N-dealkylation sites (N-methyl/N-ethyl adjacent to an activating group) is 1. The van der Waals surface area contributed by atoms with E-state index in [2.05, 4.69) is 22.1 Å². The number of hydrogen-bond donors (Lipinski definition) is 3. The third-order valence-corrected chi connectivity index (χ3v) is 3.34. The molecule has 1 aromatic rings. The van der Waals surface area contributed by atoms with Gasteiger partial charge in [0.1, 0.15) is 23.2 Å². The van der Waals surface area contributed by atoms with E-state index in [-0.39, 0.29) is 17.0 Å². The van der Waals surface area contributed by atoms with Gasteiger partial charge in [-0.2, -0.15) is 0 Å². The fraction of sp³-hybridized carbons (Fsp3) is 0.471. The molecule has 2 amide bonds. The van der Waals surface area contributed by atoms with Crippen molar-refractivity contribution in [1.29, 1.82) is 0 Å². The quantitative estimate of drug-likeness (QED) is 0.526. The molecule has 0 aliphatic carbocycles. The number of carbonyl (C=O) groups is 2. The predicted molar refractivity (Wildman–Crippen MR) is 98.7 cm³/mol. The zero-order valence-corrected chi connectivity index (χ0v) is 15.8. The van der Waals surface area contributed by atoms with Crippen LogP contribution in [0.15, 0.2) is 12.1 Å². The molecule has 140 valence electrons. The van der Waals surface area contributed by atoms with E-state index in [0.717, 1.165) is 0 Å². The Balaban J connectivity index is 2.90. The van der Waals surface area contributed by atoms with E-state index in [1.807, 2.05) is 0 Å². The normalized spacial score (nSPS) is 11.7. The maximum absolute atomic E-state index is 12.4. The van der Waals surface area contributed by atoms with Gasteiger partial charge in [0.25, 0.3) is 0 Å². The summed E-state index contributed by atoms with van der Waals surface area (Å²) in [5, 5.41) is 21.2. The summed E-state index contributed by atoms with van der Waals surface area (Å²) in [6, 6.07) is 2.03. The number of rotatable bonds is 4. The van der Waals surface area contributed by atoms with Crippen molar-refractivity contribution in [1.82, 2.24) is 9.88 Å². The highest BCUT2D eigenvalue weighted by Crippen LogP contribution is 2.12. The van der Waals surface area contributed by atoms with Gasteiger partial charge in [0.05, 0.1) is 0 Å². The van der Waals surface area contributed by atoms with Crippen LogP contribution in [-0.2, 0) is 9.53 Å². The van der Waals surface area contributed by atoms with Crippen LogP contribution in [-0.4, -0.2) is 57.7 Å². The van der Waals surface area contributed by atoms with Crippen molar-refractivity contribution < 1.29 is 24.4 Å². The number of ether oxygens (including phenoxy) is 1. The Bertz CT molecular complexity index is 734. The van der Waals surface area contributed by atoms with Crippen LogP contribution in [0.2, 0.25) is 0 Å². The molecule has 3 N–H and O–H groups in total. The van der Waals surface area contributed by atoms with E-state index >= 15 is 0 Å². The summed E-state index contributed by atoms with van der Waals surface area (Å²) in [5.74, 6) is 4.98. The topological polar surface area (TPSA) is 112 Å². The molecule has 1 rings (SSSR count). The fourth-order valence-corrected chi connectivity index (χ4v) is 1.86. The highest BCUT2D eigenvalue weighted by Gasteiger charge is 2.27. The summed E-state index contributed by atoms with van der Waals surface area (Å²) in [6.45, 7) is 8.35. The summed E-state index contributed by atoms with van der Waals surface area (Å²) >= 11 is 0. The van der Waals surface area contributed by atoms with E-state index < -0.39 is 30.8 Å². The van der Waals surface area contributed by atoms with Gasteiger partial charge >= 0.3 is 13.2 Å². The zero-order chi connectivity index (χ0) is 20.1. The summed E-state index contributed by atoms with van der Waals surface area (Å²) in [4.78, 5) is 29.7. The average molecular weight is 361 g/mol. The molecule has 26 heavy (non-hydrogen) atoms. The van der Waals surface area contributed by atoms with Crippen molar-refractivity contribution in [3.63, 3.8) is 0 Å². The number of pyridine rings is 1. The lowest BCUT2D eigenvalue weighted by atomic mass is 9.79. The molecule has 0 spiro atoms. The van der Waals surface area contributed by atoms with Crippen LogP contribution in [0.5, 0.6) is 0 Å². The van der Waals surface area contributed by atoms with E-state index in [1.54, 1.807) is 34.6 Å². The molecule has 8 nitrogen and oxygen atoms in total. The Kier molecular flexibility index (Phi) is 7.18. The van der Waals surface area contributed by atoms with E-state index in [1.165, 1.54) is 24.1 Å². The third-order valence-electron chi connectivity index (χ3n) is 3.34. The van der Waals surface area contributed by atoms with Crippen molar-refractivity contribution >= 4 is 30.4 Å². The van der Waals surface area contributed by atoms with Crippen LogP contribution in [0.3, 0.4) is 0 Å². The molecular weight excluding hydrogens is 337 g/mol. The Hall–Kier alpha value is -2.57. The van der Waals surface area contributed by atoms with Gasteiger partial charge in [-0.1, -0.05) is 12.0 Å². The van der Waals surface area contributed by atoms with Gasteiger partial charge in [0.2, 0.25) is 5.91 Å². The maximum Gasteiger partial charge on any atom is 0.491 e. The van der Waals surface area contributed by atoms with Crippen molar-refractivity contribution in [2.75, 3.05) is 12.4 Å². The van der Waals surface area contributed by atoms with Gasteiger partial charge in [-0.15, -0.1) is 0 Å². The molecule has 0 fully saturated rings. The van der Waals surface area contributed by atoms with Gasteiger partial charge in [-0.05, 0) is 46.6 Å². The van der Waals surface area contributed by atoms with Crippen LogP contribution >= 0.6 is 0 Å². The first-order chi connectivity index (χ1) is 12.0. The van der Waals surface area contributed by atoms with Gasteiger partial charge in [0, 0.05) is 12.5 Å². The first-order valence-corrected chi connectivity index (χ1v) is 8.02. The van der Waals surface area contributed by atoms with Crippen LogP contribution in [0.25, 0.3) is 0 Å². The lowest BCUT2D eigenvalue weighted by molar-refractivity contribution is -0.120. The standard InChI is InChI=1S/C17H24BN3O5/c1-7-8-13-12(18(24)25)9-10-14(19-13)20-15(22)11(2)21(6)16(23)26-17(3,4)5/h9-11,24-25H,1-6H3,(H,19,20,22). The first kappa shape index (κ1) is 21.5. The molecule has 1 heterocycles. The monoisotopic (exact) mass is 361 g/mol. The molecular formula is C17H24BN3O5. The molecule has 0 aliphatic heterocycles. The summed E-state index contributed by atoms with van der Waals surface area (Å²) in [7, 11) is -0.259. The van der Waals surface area contributed by atoms with Crippen molar-refractivity contribution in [3.8, 4) is 11.8 Å². The zero-order valence-electron chi connectivity index (χ0n) is 15.8. The second-order valence-electron chi connectivity index (χ2n) is 6.64. The smallest absolute Gasteiger partial charge is 0.444 e. The van der Waals surface area contributed by atoms with E-state index in [4.69, 9.17) is 4.74 Å². The molecule has 0 radical (unpaired) electrons. The van der Waals surface area contributed by atoms with Crippen molar-refractivity contribution in [2.24, 2.45) is 0 Å². The Morgan fingerprint density at radius 3 is 2.46 bits per heavy atom. The largest absolute Gasteiger partial charge is 0.491 e. The number of hydrogen-bond acceptors (Lipinski definition) is 6. The van der Waals surface area contributed by atoms with Crippen LogP contribution in [0.1, 0.15) is 40.3 Å². The van der Waals surface area contributed by atoms with Crippen molar-refractivity contribution in [3.05, 3.63) is 17.8 Å². The van der Waals surface area contributed by atoms with Crippen LogP contribution in [0, 0.1) is 11.8 Å². The van der Waals surface area contributed by atoms with E-state index in [0.29, 0.717) is 0 Å². The van der Waals surface area contributed by atoms with Gasteiger partial charge in [-0.3, -0.25) is 9.69 Å². The van der Waals surface area contributed by atoms with Crippen LogP contribution in [0.4, 0.5) is 10.6 Å². The minimum atomic E-state index is -1.72. The summed E-state index contributed by atoms with van der Waals surface area (Å²) in [6.07, 6.45) is -0.621. The molecule has 0 saturated carbocycles. The van der Waals surface area contributed by atoms with E-state index in [9.17, 15) is 19.6 Å². The molecule has 1 unspecified atom stereocenters. The minimum Gasteiger partial charge on any atom is -0.444 e. The average Bonchev–Trinajstić information content (AvgIpc) is 2.52. The Morgan fingerprint density at radius 1 is 1.35 bits per heavy atom. The predicted octanol–water partition coefficient (Wildman–Crippen LogP) is 0.327. The van der Waals surface area contributed by atoms with Gasteiger partial charge in [0.15, 0.2) is 0 Å². The molecule has 9 heteroatoms. The third kappa shape index (κ3) is 6.06. The summed E-state index contributed by atoms with van der Waals surface area (Å²) < 4.78 is 5.23. The number of carbonyl (C=O) groups excluding carboxylic acids is 2. The number of nitrogens with one attached hydrogen (secondary N) is 1. The molecule has 1 aromatic heterocycles. The van der Waals surface area contributed by atoms with Crippen molar-refractivity contribution in [2.45, 2.75) is 46.3 Å². The number of anilines is 1. The minimum absolute atomic E-state index is 0.135. The number of aromatic nitrogens is 1. The maximum atomic E-state index is 12.4. The fourth-order valence-electron chi connectivity index (χ4n) is 1.86. The Morgan fingerprint density at radius 2 is 1.96 bits per heavy atom. The Labute approximate surface area is 153 Å². The molecule has 0 saturated heterocycles. The highest BCUT2D eigenvalue weighted by atomic mass is 16.6. The lowest BCUT2D eigenvalue weighted by Crippen LogP contribution is -2.45. The summed E-state index contributed by atoms with van der Waals surface area (Å²) in [5.41, 5.74) is -0.387. The first-order valence-electron chi connectivity index (χ1n) is 8.02. The molecule has 0 aromatic carbocycles. The van der Waals surface area contributed by atoms with Gasteiger partial charge in [-0.25, -0.2) is 9.78 Å². The lowest BCUT2D eigenvalue weighted by Gasteiger charge is -2.28. The molecule has 0 aliphatic rings. The molecule has 0 bridgehead atoms. The highest BCUT2D eigenvalue weighted by molar-refractivity contribution is 6.59. The molecule has 1 atom stereocenters. The number of nitrogens with zero attached hydrogens (tertiary/aromatic N) is 2. The second-order valence-corrected chi connectivity index (χ2v) is 6.64. The SMILES string of the molecule is CC#Cc1nc(NC(=O)C(C)N(C)C(=O)OC(C)(C)C)ccc1B(O)O.